The van der Waals surface area contributed by atoms with Crippen molar-refractivity contribution in [3.63, 3.8) is 0 Å². The molecule has 1 unspecified atom stereocenters. The molecule has 3 rings (SSSR count). The van der Waals surface area contributed by atoms with Gasteiger partial charge in [0.15, 0.2) is 10.8 Å². The van der Waals surface area contributed by atoms with Gasteiger partial charge in [0.25, 0.3) is 11.8 Å². The van der Waals surface area contributed by atoms with Gasteiger partial charge in [0.1, 0.15) is 37.0 Å². The fourth-order valence-electron chi connectivity index (χ4n) is 2.76. The lowest BCUT2D eigenvalue weighted by molar-refractivity contribution is -0.150. The minimum absolute atomic E-state index is 0.144. The van der Waals surface area contributed by atoms with Crippen molar-refractivity contribution in [3.8, 4) is 0 Å². The van der Waals surface area contributed by atoms with Gasteiger partial charge in [-0.2, -0.15) is 0 Å². The van der Waals surface area contributed by atoms with Crippen molar-refractivity contribution in [2.75, 3.05) is 25.7 Å². The number of fused-ring (bicyclic) bond motifs is 1. The third kappa shape index (κ3) is 3.88. The second-order valence-corrected chi connectivity index (χ2v) is 7.65. The number of nitrogen functional groups attached to an aromatic ring is 1. The first-order valence-corrected chi connectivity index (χ1v) is 9.92. The van der Waals surface area contributed by atoms with Gasteiger partial charge in [-0.05, 0) is 0 Å². The van der Waals surface area contributed by atoms with Crippen LogP contribution in [0.2, 0.25) is 0 Å². The number of hydrogen-bond acceptors (Lipinski definition) is 11. The molecule has 0 radical (unpaired) electrons. The number of oxime groups is 2. The summed E-state index contributed by atoms with van der Waals surface area (Å²) in [7, 11) is 2.59. The van der Waals surface area contributed by atoms with E-state index in [0.717, 1.165) is 16.2 Å². The van der Waals surface area contributed by atoms with Crippen molar-refractivity contribution in [1.82, 2.24) is 15.2 Å². The molecule has 0 aromatic carbocycles. The number of aliphatic carboxylic acids is 1. The number of carboxylic acid groups (broad SMARTS) is 1. The number of aromatic nitrogens is 1. The summed E-state index contributed by atoms with van der Waals surface area (Å²) in [5.74, 6) is -2.25. The van der Waals surface area contributed by atoms with E-state index in [1.54, 1.807) is 0 Å². The Morgan fingerprint density at radius 2 is 2.21 bits per heavy atom. The molecule has 1 aromatic heterocycles. The largest absolute Gasteiger partial charge is 0.477 e. The van der Waals surface area contributed by atoms with E-state index in [0.29, 0.717) is 5.57 Å². The van der Waals surface area contributed by atoms with Gasteiger partial charge in [0, 0.05) is 16.7 Å². The molecule has 0 bridgehead atoms. The maximum atomic E-state index is 12.6. The van der Waals surface area contributed by atoms with E-state index in [-0.39, 0.29) is 28.0 Å². The van der Waals surface area contributed by atoms with Crippen LogP contribution in [0.25, 0.3) is 0 Å². The first-order valence-electron chi connectivity index (χ1n) is 8.00. The van der Waals surface area contributed by atoms with Crippen molar-refractivity contribution < 1.29 is 29.2 Å². The van der Waals surface area contributed by atoms with E-state index in [4.69, 9.17) is 10.6 Å². The summed E-state index contributed by atoms with van der Waals surface area (Å²) in [6.07, 6.45) is 1.25. The molecule has 4 N–H and O–H groups in total. The van der Waals surface area contributed by atoms with Gasteiger partial charge >= 0.3 is 5.97 Å². The molecule has 1 aromatic rings. The molecule has 2 aliphatic rings. The molecule has 2 atom stereocenters. The van der Waals surface area contributed by atoms with Crippen LogP contribution in [0, 0.1) is 0 Å². The molecule has 1 saturated heterocycles. The number of rotatable bonds is 7. The molecule has 2 amide bonds. The number of β-lactam (4-membered cyclic amide) rings is 1. The Morgan fingerprint density at radius 1 is 1.45 bits per heavy atom. The number of nitrogens with zero attached hydrogens (tertiary/aromatic N) is 4. The van der Waals surface area contributed by atoms with Crippen LogP contribution in [-0.2, 0) is 24.1 Å². The number of nitrogens with two attached hydrogens (primary N) is 1. The molecule has 1 fully saturated rings. The van der Waals surface area contributed by atoms with Gasteiger partial charge in [-0.1, -0.05) is 10.3 Å². The van der Waals surface area contributed by atoms with Gasteiger partial charge in [0.05, 0.1) is 6.21 Å². The van der Waals surface area contributed by atoms with Gasteiger partial charge in [-0.25, -0.2) is 9.78 Å². The van der Waals surface area contributed by atoms with Crippen LogP contribution in [-0.4, -0.2) is 76.1 Å². The molecule has 3 heterocycles. The zero-order valence-electron chi connectivity index (χ0n) is 15.2. The van der Waals surface area contributed by atoms with E-state index in [2.05, 4.69) is 25.4 Å². The molecule has 14 heteroatoms. The van der Waals surface area contributed by atoms with Crippen molar-refractivity contribution >= 4 is 57.9 Å². The highest BCUT2D eigenvalue weighted by Crippen LogP contribution is 2.39. The van der Waals surface area contributed by atoms with Crippen molar-refractivity contribution in [2.45, 2.75) is 11.4 Å². The van der Waals surface area contributed by atoms with Crippen LogP contribution in [0.15, 0.2) is 27.0 Å². The summed E-state index contributed by atoms with van der Waals surface area (Å²) in [6.45, 7) is 0. The quantitative estimate of drug-likeness (QED) is 0.286. The van der Waals surface area contributed by atoms with E-state index in [1.807, 2.05) is 0 Å². The first kappa shape index (κ1) is 20.6. The number of nitrogens with one attached hydrogen (secondary N) is 1. The van der Waals surface area contributed by atoms with Crippen LogP contribution in [0.3, 0.4) is 0 Å². The molecule has 29 heavy (non-hydrogen) atoms. The maximum Gasteiger partial charge on any atom is 0.353 e. The van der Waals surface area contributed by atoms with Crippen molar-refractivity contribution in [2.24, 2.45) is 10.3 Å². The minimum atomic E-state index is -1.27. The molecule has 12 nitrogen and oxygen atoms in total. The van der Waals surface area contributed by atoms with E-state index >= 15 is 0 Å². The lowest BCUT2D eigenvalue weighted by Crippen LogP contribution is -2.71. The lowest BCUT2D eigenvalue weighted by Gasteiger charge is -2.49. The Balaban J connectivity index is 1.80. The SMILES string of the molecule is CO/N=C(\C(=O)NC1C(=O)N2C(C(=O)O)=C(/C=N/OC)CS[C@H]12)c1csc(N)n1. The molecule has 0 spiro atoms. The summed E-state index contributed by atoms with van der Waals surface area (Å²) in [4.78, 5) is 51.3. The molecule has 2 aliphatic heterocycles. The highest BCUT2D eigenvalue weighted by molar-refractivity contribution is 8.00. The standard InChI is InChI=1S/C15H16N6O6S2/c1-26-17-3-6-4-28-13-9(12(23)21(13)10(6)14(24)25)19-11(22)8(20-27-2)7-5-29-15(16)18-7/h3,5,9,13H,4H2,1-2H3,(H2,16,18)(H,19,22)(H,24,25)/b17-3+,20-8-/t9?,13-/m1/s1. The smallest absolute Gasteiger partial charge is 0.353 e. The Morgan fingerprint density at radius 3 is 2.79 bits per heavy atom. The summed E-state index contributed by atoms with van der Waals surface area (Å²) in [5.41, 5.74) is 5.79. The minimum Gasteiger partial charge on any atom is -0.477 e. The number of thiazole rings is 1. The average Bonchev–Trinajstić information content (AvgIpc) is 3.13. The van der Waals surface area contributed by atoms with Gasteiger partial charge in [-0.15, -0.1) is 23.1 Å². The highest BCUT2D eigenvalue weighted by atomic mass is 32.2. The molecular weight excluding hydrogens is 424 g/mol. The molecule has 154 valence electrons. The third-order valence-electron chi connectivity index (χ3n) is 3.96. The van der Waals surface area contributed by atoms with Crippen LogP contribution >= 0.6 is 23.1 Å². The normalized spacial score (nSPS) is 21.7. The average molecular weight is 440 g/mol. The molecule has 0 saturated carbocycles. The number of carbonyl (C=O) groups excluding carboxylic acids is 2. The number of hydrogen-bond donors (Lipinski definition) is 3. The summed E-state index contributed by atoms with van der Waals surface area (Å²) in [5, 5.41) is 20.5. The fourth-order valence-corrected chi connectivity index (χ4v) is 4.61. The Bertz CT molecular complexity index is 941. The van der Waals surface area contributed by atoms with Gasteiger partial charge in [0.2, 0.25) is 0 Å². The van der Waals surface area contributed by atoms with Gasteiger partial charge in [-0.3, -0.25) is 14.5 Å². The Kier molecular flexibility index (Phi) is 6.03. The summed E-state index contributed by atoms with van der Waals surface area (Å²) in [6, 6.07) is -0.930. The second kappa shape index (κ2) is 8.48. The number of anilines is 1. The summed E-state index contributed by atoms with van der Waals surface area (Å²) < 4.78 is 0. The summed E-state index contributed by atoms with van der Waals surface area (Å²) >= 11 is 2.41. The lowest BCUT2D eigenvalue weighted by atomic mass is 10.0. The van der Waals surface area contributed by atoms with E-state index in [1.165, 1.54) is 37.6 Å². The van der Waals surface area contributed by atoms with E-state index in [9.17, 15) is 19.5 Å². The van der Waals surface area contributed by atoms with Crippen LogP contribution in [0.1, 0.15) is 5.69 Å². The number of carbonyl (C=O) groups is 3. The Labute approximate surface area is 172 Å². The number of thioether (sulfide) groups is 1. The van der Waals surface area contributed by atoms with Crippen LogP contribution < -0.4 is 11.1 Å². The highest BCUT2D eigenvalue weighted by Gasteiger charge is 2.54. The Hall–Kier alpha value is -3.13. The molecular formula is C15H16N6O6S2. The van der Waals surface area contributed by atoms with Crippen molar-refractivity contribution in [3.05, 3.63) is 22.3 Å². The van der Waals surface area contributed by atoms with Crippen molar-refractivity contribution in [1.29, 1.82) is 0 Å². The predicted octanol–water partition coefficient (Wildman–Crippen LogP) is -0.553. The zero-order valence-corrected chi connectivity index (χ0v) is 16.8. The monoisotopic (exact) mass is 440 g/mol. The number of carboxylic acids is 1. The third-order valence-corrected chi connectivity index (χ3v) is 5.94. The van der Waals surface area contributed by atoms with Crippen LogP contribution in [0.5, 0.6) is 0 Å². The predicted molar refractivity (Wildman–Crippen MR) is 105 cm³/mol. The fraction of sp³-hybridized carbons (Fsp3) is 0.333. The topological polar surface area (TPSA) is 169 Å². The molecule has 0 aliphatic carbocycles. The number of amides is 2. The first-order chi connectivity index (χ1) is 13.9. The second-order valence-electron chi connectivity index (χ2n) is 5.65. The maximum absolute atomic E-state index is 12.6. The van der Waals surface area contributed by atoms with Crippen LogP contribution in [0.4, 0.5) is 5.13 Å². The van der Waals surface area contributed by atoms with Gasteiger partial charge < -0.3 is 25.8 Å². The van der Waals surface area contributed by atoms with E-state index < -0.39 is 29.2 Å². The zero-order chi connectivity index (χ0) is 21.1.